The fourth-order valence-corrected chi connectivity index (χ4v) is 2.34. The van der Waals surface area contributed by atoms with Crippen LogP contribution in [0.15, 0.2) is 24.3 Å². The second-order valence-corrected chi connectivity index (χ2v) is 5.25. The Morgan fingerprint density at radius 3 is 2.75 bits per heavy atom. The largest absolute Gasteiger partial charge is 0.381 e. The number of nitrogens with one attached hydrogen (secondary N) is 1. The lowest BCUT2D eigenvalue weighted by Crippen LogP contribution is -2.13. The molecule has 0 bridgehead atoms. The number of aryl methyl sites for hydroxylation is 1. The van der Waals surface area contributed by atoms with Gasteiger partial charge in [-0.15, -0.1) is 10.2 Å². The number of aromatic nitrogens is 2. The second-order valence-electron chi connectivity index (χ2n) is 4.27. The third kappa shape index (κ3) is 4.11. The first-order chi connectivity index (χ1) is 9.69. The van der Waals surface area contributed by atoms with E-state index >= 15 is 0 Å². The van der Waals surface area contributed by atoms with E-state index in [0.717, 1.165) is 10.6 Å². The summed E-state index contributed by atoms with van der Waals surface area (Å²) >= 11 is 1.36. The van der Waals surface area contributed by atoms with Gasteiger partial charge in [0.1, 0.15) is 5.01 Å². The summed E-state index contributed by atoms with van der Waals surface area (Å²) in [7, 11) is 0. The Morgan fingerprint density at radius 2 is 2.05 bits per heavy atom. The van der Waals surface area contributed by atoms with Crippen molar-refractivity contribution >= 4 is 22.4 Å². The van der Waals surface area contributed by atoms with Crippen molar-refractivity contribution in [2.45, 2.75) is 20.3 Å². The van der Waals surface area contributed by atoms with Crippen molar-refractivity contribution in [1.29, 1.82) is 0 Å². The summed E-state index contributed by atoms with van der Waals surface area (Å²) in [6, 6.07) is 8.04. The van der Waals surface area contributed by atoms with Crippen LogP contribution in [0.1, 0.15) is 18.9 Å². The fraction of sp³-hybridized carbons (Fsp3) is 0.357. The molecule has 0 spiro atoms. The maximum atomic E-state index is 11.6. The number of rotatable bonds is 6. The third-order valence-electron chi connectivity index (χ3n) is 2.65. The van der Waals surface area contributed by atoms with E-state index in [1.54, 1.807) is 0 Å². The van der Waals surface area contributed by atoms with Crippen molar-refractivity contribution in [2.24, 2.45) is 0 Å². The highest BCUT2D eigenvalue weighted by Crippen LogP contribution is 2.26. The van der Waals surface area contributed by atoms with Gasteiger partial charge in [0.25, 0.3) is 0 Å². The predicted octanol–water partition coefficient (Wildman–Crippen LogP) is 2.88. The molecule has 0 saturated carbocycles. The molecule has 1 heterocycles. The second kappa shape index (κ2) is 7.12. The van der Waals surface area contributed by atoms with Gasteiger partial charge in [0.2, 0.25) is 11.0 Å². The molecule has 0 aliphatic rings. The van der Waals surface area contributed by atoms with E-state index in [9.17, 15) is 4.79 Å². The highest BCUT2D eigenvalue weighted by molar-refractivity contribution is 7.18. The number of amides is 1. The van der Waals surface area contributed by atoms with Crippen LogP contribution < -0.4 is 5.32 Å². The normalized spacial score (nSPS) is 10.5. The molecule has 5 nitrogen and oxygen atoms in total. The van der Waals surface area contributed by atoms with Crippen LogP contribution in [0, 0.1) is 6.92 Å². The number of benzene rings is 1. The van der Waals surface area contributed by atoms with Gasteiger partial charge in [-0.25, -0.2) is 0 Å². The zero-order valence-corrected chi connectivity index (χ0v) is 12.4. The van der Waals surface area contributed by atoms with E-state index < -0.39 is 0 Å². The highest BCUT2D eigenvalue weighted by Gasteiger charge is 2.09. The third-order valence-corrected chi connectivity index (χ3v) is 3.54. The molecule has 1 N–H and O–H groups in total. The van der Waals surface area contributed by atoms with E-state index in [1.165, 1.54) is 16.9 Å². The van der Waals surface area contributed by atoms with Crippen molar-refractivity contribution in [3.05, 3.63) is 29.8 Å². The molecule has 0 fully saturated rings. The summed E-state index contributed by atoms with van der Waals surface area (Å²) < 4.78 is 5.13. The first-order valence-electron chi connectivity index (χ1n) is 6.47. The Balaban J connectivity index is 1.95. The molecule has 0 radical (unpaired) electrons. The zero-order valence-electron chi connectivity index (χ0n) is 11.5. The molecular formula is C14H17N3O2S. The van der Waals surface area contributed by atoms with E-state index in [-0.39, 0.29) is 5.91 Å². The molecule has 2 aromatic rings. The molecule has 0 unspecified atom stereocenters. The number of hydrogen-bond donors (Lipinski definition) is 1. The number of hydrogen-bond acceptors (Lipinski definition) is 5. The van der Waals surface area contributed by atoms with Crippen LogP contribution in [-0.4, -0.2) is 29.3 Å². The van der Waals surface area contributed by atoms with Crippen molar-refractivity contribution < 1.29 is 9.53 Å². The molecule has 0 atom stereocenters. The number of carbonyl (C=O) groups is 1. The SMILES string of the molecule is CCOCCC(=O)Nc1nnc(-c2ccc(C)cc2)s1. The molecular weight excluding hydrogens is 274 g/mol. The highest BCUT2D eigenvalue weighted by atomic mass is 32.1. The number of nitrogens with zero attached hydrogens (tertiary/aromatic N) is 2. The summed E-state index contributed by atoms with van der Waals surface area (Å²) in [6.07, 6.45) is 0.327. The monoisotopic (exact) mass is 291 g/mol. The average Bonchev–Trinajstić information content (AvgIpc) is 2.88. The van der Waals surface area contributed by atoms with E-state index in [1.807, 2.05) is 38.1 Å². The Kier molecular flexibility index (Phi) is 5.20. The zero-order chi connectivity index (χ0) is 14.4. The quantitative estimate of drug-likeness (QED) is 0.831. The summed E-state index contributed by atoms with van der Waals surface area (Å²) in [5, 5.41) is 12.1. The van der Waals surface area contributed by atoms with Gasteiger partial charge in [-0.1, -0.05) is 41.2 Å². The van der Waals surface area contributed by atoms with Crippen LogP contribution in [0.3, 0.4) is 0 Å². The van der Waals surface area contributed by atoms with Crippen molar-refractivity contribution in [3.8, 4) is 10.6 Å². The Hall–Kier alpha value is -1.79. The Bertz CT molecular complexity index is 566. The predicted molar refractivity (Wildman–Crippen MR) is 79.8 cm³/mol. The standard InChI is InChI=1S/C14H17N3O2S/c1-3-19-9-8-12(18)15-14-17-16-13(20-14)11-6-4-10(2)5-7-11/h4-7H,3,8-9H2,1-2H3,(H,15,17,18). The molecule has 20 heavy (non-hydrogen) atoms. The van der Waals surface area contributed by atoms with Gasteiger partial charge in [-0.05, 0) is 13.8 Å². The van der Waals surface area contributed by atoms with Crippen molar-refractivity contribution in [2.75, 3.05) is 18.5 Å². The minimum absolute atomic E-state index is 0.106. The van der Waals surface area contributed by atoms with Gasteiger partial charge in [-0.2, -0.15) is 0 Å². The Morgan fingerprint density at radius 1 is 1.30 bits per heavy atom. The Labute approximate surface area is 122 Å². The van der Waals surface area contributed by atoms with Crippen LogP contribution in [0.5, 0.6) is 0 Å². The molecule has 1 aromatic carbocycles. The lowest BCUT2D eigenvalue weighted by Gasteiger charge is -2.00. The number of ether oxygens (including phenoxy) is 1. The number of anilines is 1. The molecule has 1 aromatic heterocycles. The van der Waals surface area contributed by atoms with Crippen LogP contribution in [-0.2, 0) is 9.53 Å². The van der Waals surface area contributed by atoms with E-state index in [4.69, 9.17) is 4.74 Å². The van der Waals surface area contributed by atoms with Gasteiger partial charge in [-0.3, -0.25) is 4.79 Å². The molecule has 0 aliphatic heterocycles. The summed E-state index contributed by atoms with van der Waals surface area (Å²) in [5.41, 5.74) is 2.20. The van der Waals surface area contributed by atoms with E-state index in [2.05, 4.69) is 15.5 Å². The molecule has 1 amide bonds. The van der Waals surface area contributed by atoms with Gasteiger partial charge < -0.3 is 10.1 Å². The first kappa shape index (κ1) is 14.6. The maximum Gasteiger partial charge on any atom is 0.228 e. The van der Waals surface area contributed by atoms with Gasteiger partial charge in [0, 0.05) is 12.2 Å². The fourth-order valence-electron chi connectivity index (χ4n) is 1.58. The van der Waals surface area contributed by atoms with Crippen molar-refractivity contribution in [1.82, 2.24) is 10.2 Å². The average molecular weight is 291 g/mol. The molecule has 0 saturated heterocycles. The van der Waals surface area contributed by atoms with E-state index in [0.29, 0.717) is 24.8 Å². The molecule has 6 heteroatoms. The first-order valence-corrected chi connectivity index (χ1v) is 7.29. The van der Waals surface area contributed by atoms with Crippen LogP contribution in [0.4, 0.5) is 5.13 Å². The van der Waals surface area contributed by atoms with Gasteiger partial charge in [0.15, 0.2) is 0 Å². The van der Waals surface area contributed by atoms with Crippen molar-refractivity contribution in [3.63, 3.8) is 0 Å². The topological polar surface area (TPSA) is 64.1 Å². The number of carbonyl (C=O) groups excluding carboxylic acids is 1. The van der Waals surface area contributed by atoms with Crippen LogP contribution in [0.2, 0.25) is 0 Å². The molecule has 2 rings (SSSR count). The van der Waals surface area contributed by atoms with Gasteiger partial charge >= 0.3 is 0 Å². The molecule has 0 aliphatic carbocycles. The summed E-state index contributed by atoms with van der Waals surface area (Å²) in [4.78, 5) is 11.6. The minimum Gasteiger partial charge on any atom is -0.381 e. The summed E-state index contributed by atoms with van der Waals surface area (Å²) in [5.74, 6) is -0.106. The smallest absolute Gasteiger partial charge is 0.228 e. The maximum absolute atomic E-state index is 11.6. The van der Waals surface area contributed by atoms with Gasteiger partial charge in [0.05, 0.1) is 13.0 Å². The summed E-state index contributed by atoms with van der Waals surface area (Å²) in [6.45, 7) is 4.97. The van der Waals surface area contributed by atoms with Crippen LogP contribution >= 0.6 is 11.3 Å². The lowest BCUT2D eigenvalue weighted by atomic mass is 10.2. The minimum atomic E-state index is -0.106. The lowest BCUT2D eigenvalue weighted by molar-refractivity contribution is -0.117. The van der Waals surface area contributed by atoms with Crippen LogP contribution in [0.25, 0.3) is 10.6 Å². The molecule has 106 valence electrons.